The molecule has 126 valence electrons. The molecule has 2 heterocycles. The summed E-state index contributed by atoms with van der Waals surface area (Å²) in [5.41, 5.74) is 0.701. The maximum Gasteiger partial charge on any atom is 0.416 e. The molecule has 1 aromatic carbocycles. The van der Waals surface area contributed by atoms with Crippen molar-refractivity contribution in [3.8, 4) is 0 Å². The predicted octanol–water partition coefficient (Wildman–Crippen LogP) is 3.16. The number of rotatable bonds is 3. The van der Waals surface area contributed by atoms with Crippen LogP contribution in [0.4, 0.5) is 13.2 Å². The van der Waals surface area contributed by atoms with Gasteiger partial charge >= 0.3 is 6.18 Å². The third-order valence-corrected chi connectivity index (χ3v) is 4.40. The van der Waals surface area contributed by atoms with Crippen LogP contribution in [-0.4, -0.2) is 42.4 Å². The number of nitrogens with zero attached hydrogens (tertiary/aromatic N) is 1. The molecular formula is C17H20F3NO2. The summed E-state index contributed by atoms with van der Waals surface area (Å²) in [5, 5.41) is 9.98. The van der Waals surface area contributed by atoms with E-state index in [1.165, 1.54) is 12.1 Å². The Morgan fingerprint density at radius 2 is 2.04 bits per heavy atom. The number of hydrogen-bond donors (Lipinski definition) is 1. The van der Waals surface area contributed by atoms with Crippen molar-refractivity contribution < 1.29 is 23.0 Å². The van der Waals surface area contributed by atoms with E-state index in [1.54, 1.807) is 6.07 Å². The smallest absolute Gasteiger partial charge is 0.392 e. The number of halogens is 3. The number of hydrogen-bond acceptors (Lipinski definition) is 3. The number of aliphatic hydroxyl groups is 1. The second-order valence-electron chi connectivity index (χ2n) is 6.12. The molecule has 1 saturated heterocycles. The molecular weight excluding hydrogens is 307 g/mol. The summed E-state index contributed by atoms with van der Waals surface area (Å²) in [7, 11) is 0. The average Bonchev–Trinajstić information content (AvgIpc) is 2.88. The predicted molar refractivity (Wildman–Crippen MR) is 79.9 cm³/mol. The summed E-state index contributed by atoms with van der Waals surface area (Å²) in [4.78, 5) is 1.93. The van der Waals surface area contributed by atoms with Gasteiger partial charge in [0.1, 0.15) is 0 Å². The van der Waals surface area contributed by atoms with Gasteiger partial charge in [-0.25, -0.2) is 0 Å². The minimum absolute atomic E-state index is 0.244. The van der Waals surface area contributed by atoms with Gasteiger partial charge in [0.2, 0.25) is 0 Å². The van der Waals surface area contributed by atoms with E-state index >= 15 is 0 Å². The van der Waals surface area contributed by atoms with Gasteiger partial charge in [-0.15, -0.1) is 0 Å². The van der Waals surface area contributed by atoms with Gasteiger partial charge in [0.25, 0.3) is 0 Å². The molecule has 1 aromatic rings. The van der Waals surface area contributed by atoms with Crippen LogP contribution in [0.2, 0.25) is 0 Å². The van der Waals surface area contributed by atoms with Crippen molar-refractivity contribution in [2.24, 2.45) is 0 Å². The van der Waals surface area contributed by atoms with E-state index in [9.17, 15) is 18.3 Å². The van der Waals surface area contributed by atoms with Crippen LogP contribution in [0.1, 0.15) is 30.0 Å². The zero-order chi connectivity index (χ0) is 16.4. The number of likely N-dealkylation sites (tertiary alicyclic amines) is 1. The summed E-state index contributed by atoms with van der Waals surface area (Å²) >= 11 is 0. The lowest BCUT2D eigenvalue weighted by Crippen LogP contribution is -2.30. The number of aliphatic hydroxyl groups excluding tert-OH is 1. The summed E-state index contributed by atoms with van der Waals surface area (Å²) in [6.07, 6.45) is -1.76. The molecule has 3 nitrogen and oxygen atoms in total. The molecule has 23 heavy (non-hydrogen) atoms. The van der Waals surface area contributed by atoms with Gasteiger partial charge in [-0.3, -0.25) is 4.90 Å². The van der Waals surface area contributed by atoms with Crippen LogP contribution in [0.25, 0.3) is 0 Å². The van der Waals surface area contributed by atoms with E-state index in [1.807, 2.05) is 4.90 Å². The highest BCUT2D eigenvalue weighted by Gasteiger charge is 2.39. The van der Waals surface area contributed by atoms with Crippen LogP contribution in [-0.2, 0) is 10.9 Å². The highest BCUT2D eigenvalue weighted by atomic mass is 19.4. The van der Waals surface area contributed by atoms with Crippen LogP contribution in [0.3, 0.4) is 0 Å². The molecule has 0 amide bonds. The van der Waals surface area contributed by atoms with Crippen molar-refractivity contribution in [1.82, 2.24) is 4.90 Å². The van der Waals surface area contributed by atoms with Gasteiger partial charge in [0, 0.05) is 19.1 Å². The first-order valence-corrected chi connectivity index (χ1v) is 7.79. The third kappa shape index (κ3) is 3.76. The lowest BCUT2D eigenvalue weighted by molar-refractivity contribution is -0.138. The number of ether oxygens (including phenoxy) is 1. The van der Waals surface area contributed by atoms with Gasteiger partial charge in [-0.2, -0.15) is 13.2 Å². The molecule has 1 fully saturated rings. The summed E-state index contributed by atoms with van der Waals surface area (Å²) in [6.45, 7) is 2.12. The SMILES string of the molecule is O[C@H]1C[C@@H](c2ccccc2C(F)(F)F)N(CC2=CCCOC2)C1. The van der Waals surface area contributed by atoms with Crippen molar-refractivity contribution in [2.75, 3.05) is 26.3 Å². The van der Waals surface area contributed by atoms with Crippen LogP contribution >= 0.6 is 0 Å². The Kier molecular flexibility index (Phi) is 4.75. The van der Waals surface area contributed by atoms with Crippen LogP contribution in [0.5, 0.6) is 0 Å². The zero-order valence-electron chi connectivity index (χ0n) is 12.7. The number of alkyl halides is 3. The normalized spacial score (nSPS) is 26.3. The first-order valence-electron chi connectivity index (χ1n) is 7.79. The average molecular weight is 327 g/mol. The minimum atomic E-state index is -4.39. The van der Waals surface area contributed by atoms with Gasteiger partial charge < -0.3 is 9.84 Å². The van der Waals surface area contributed by atoms with E-state index in [4.69, 9.17) is 4.74 Å². The molecule has 3 rings (SSSR count). The Bertz CT molecular complexity index is 585. The fraction of sp³-hybridized carbons (Fsp3) is 0.529. The Morgan fingerprint density at radius 1 is 1.26 bits per heavy atom. The molecule has 2 aliphatic rings. The fourth-order valence-electron chi connectivity index (χ4n) is 3.40. The van der Waals surface area contributed by atoms with Crippen molar-refractivity contribution in [3.05, 3.63) is 47.0 Å². The van der Waals surface area contributed by atoms with E-state index in [0.29, 0.717) is 32.7 Å². The Labute approximate surface area is 133 Å². The number of benzene rings is 1. The van der Waals surface area contributed by atoms with E-state index in [0.717, 1.165) is 18.1 Å². The molecule has 0 radical (unpaired) electrons. The topological polar surface area (TPSA) is 32.7 Å². The minimum Gasteiger partial charge on any atom is -0.392 e. The van der Waals surface area contributed by atoms with Crippen molar-refractivity contribution >= 4 is 0 Å². The first-order chi connectivity index (χ1) is 10.9. The van der Waals surface area contributed by atoms with Crippen LogP contribution in [0.15, 0.2) is 35.9 Å². The van der Waals surface area contributed by atoms with Crippen molar-refractivity contribution in [1.29, 1.82) is 0 Å². The highest BCUT2D eigenvalue weighted by molar-refractivity contribution is 5.33. The number of β-amino-alcohol motifs (C(OH)–C–C–N with tert-alkyl or cyclic N) is 1. The zero-order valence-corrected chi connectivity index (χ0v) is 12.7. The molecule has 0 spiro atoms. The molecule has 1 N–H and O–H groups in total. The molecule has 0 unspecified atom stereocenters. The molecule has 6 heteroatoms. The fourth-order valence-corrected chi connectivity index (χ4v) is 3.40. The maximum absolute atomic E-state index is 13.3. The summed E-state index contributed by atoms with van der Waals surface area (Å²) in [6, 6.07) is 5.23. The van der Waals surface area contributed by atoms with Crippen molar-refractivity contribution in [3.63, 3.8) is 0 Å². The molecule has 2 aliphatic heterocycles. The maximum atomic E-state index is 13.3. The largest absolute Gasteiger partial charge is 0.416 e. The standard InChI is InChI=1S/C17H20F3NO2/c18-17(19,20)15-6-2-1-5-14(15)16-8-13(22)10-21(16)9-12-4-3-7-23-11-12/h1-2,4-6,13,16,22H,3,7-11H2/t13-,16-/m0/s1. The first kappa shape index (κ1) is 16.5. The van der Waals surface area contributed by atoms with Crippen LogP contribution in [0, 0.1) is 0 Å². The lowest BCUT2D eigenvalue weighted by Gasteiger charge is -2.28. The monoisotopic (exact) mass is 327 g/mol. The van der Waals surface area contributed by atoms with Gasteiger partial charge in [0.05, 0.1) is 24.9 Å². The summed E-state index contributed by atoms with van der Waals surface area (Å²) < 4.78 is 45.2. The van der Waals surface area contributed by atoms with E-state index in [-0.39, 0.29) is 5.56 Å². The second kappa shape index (κ2) is 6.63. The Hall–Kier alpha value is -1.37. The van der Waals surface area contributed by atoms with E-state index < -0.39 is 23.9 Å². The lowest BCUT2D eigenvalue weighted by atomic mass is 9.97. The molecule has 0 saturated carbocycles. The highest BCUT2D eigenvalue weighted by Crippen LogP contribution is 2.40. The molecule has 0 aromatic heterocycles. The Balaban J connectivity index is 1.86. The van der Waals surface area contributed by atoms with Crippen LogP contribution < -0.4 is 0 Å². The van der Waals surface area contributed by atoms with Gasteiger partial charge in [0.15, 0.2) is 0 Å². The van der Waals surface area contributed by atoms with Crippen molar-refractivity contribution in [2.45, 2.75) is 31.2 Å². The van der Waals surface area contributed by atoms with E-state index in [2.05, 4.69) is 6.08 Å². The summed E-state index contributed by atoms with van der Waals surface area (Å²) in [5.74, 6) is 0. The molecule has 0 bridgehead atoms. The second-order valence-corrected chi connectivity index (χ2v) is 6.12. The molecule has 2 atom stereocenters. The van der Waals surface area contributed by atoms with Gasteiger partial charge in [-0.1, -0.05) is 24.3 Å². The van der Waals surface area contributed by atoms with Gasteiger partial charge in [-0.05, 0) is 30.0 Å². The Morgan fingerprint density at radius 3 is 2.74 bits per heavy atom. The molecule has 0 aliphatic carbocycles. The quantitative estimate of drug-likeness (QED) is 0.866. The third-order valence-electron chi connectivity index (χ3n) is 4.40.